The summed E-state index contributed by atoms with van der Waals surface area (Å²) in [6.07, 6.45) is -5.50. The summed E-state index contributed by atoms with van der Waals surface area (Å²) in [7, 11) is 0. The number of rotatable bonds is 4. The van der Waals surface area contributed by atoms with E-state index in [0.717, 1.165) is 12.1 Å². The number of halogens is 3. The SMILES string of the molecule is N#Cc1ccc(OCCC(F)(F)F)cc1[N+](=O)[O-]. The van der Waals surface area contributed by atoms with E-state index in [1.807, 2.05) is 0 Å². The highest BCUT2D eigenvalue weighted by Gasteiger charge is 2.27. The Bertz CT molecular complexity index is 494. The van der Waals surface area contributed by atoms with E-state index in [1.165, 1.54) is 6.07 Å². The fourth-order valence-corrected chi connectivity index (χ4v) is 1.13. The molecule has 1 rings (SSSR count). The van der Waals surface area contributed by atoms with Crippen molar-refractivity contribution in [2.45, 2.75) is 12.6 Å². The molecule has 0 aliphatic rings. The fourth-order valence-electron chi connectivity index (χ4n) is 1.13. The van der Waals surface area contributed by atoms with Gasteiger partial charge in [-0.15, -0.1) is 0 Å². The molecule has 18 heavy (non-hydrogen) atoms. The molecule has 1 aromatic rings. The van der Waals surface area contributed by atoms with Gasteiger partial charge in [-0.1, -0.05) is 0 Å². The number of benzene rings is 1. The summed E-state index contributed by atoms with van der Waals surface area (Å²) in [5.74, 6) is -0.0788. The lowest BCUT2D eigenvalue weighted by Crippen LogP contribution is -2.13. The minimum Gasteiger partial charge on any atom is -0.493 e. The van der Waals surface area contributed by atoms with Gasteiger partial charge in [-0.25, -0.2) is 0 Å². The zero-order valence-corrected chi connectivity index (χ0v) is 8.90. The van der Waals surface area contributed by atoms with Crippen LogP contribution >= 0.6 is 0 Å². The Kier molecular flexibility index (Phi) is 4.09. The second kappa shape index (κ2) is 5.35. The normalized spacial score (nSPS) is 10.8. The van der Waals surface area contributed by atoms with Gasteiger partial charge in [0.25, 0.3) is 5.69 Å². The van der Waals surface area contributed by atoms with Crippen molar-refractivity contribution in [3.63, 3.8) is 0 Å². The molecule has 96 valence electrons. The third kappa shape index (κ3) is 3.93. The Labute approximate surface area is 99.5 Å². The fraction of sp³-hybridized carbons (Fsp3) is 0.300. The maximum Gasteiger partial charge on any atom is 0.392 e. The van der Waals surface area contributed by atoms with Crippen LogP contribution in [0.15, 0.2) is 18.2 Å². The minimum absolute atomic E-state index is 0.0788. The van der Waals surface area contributed by atoms with Crippen molar-refractivity contribution >= 4 is 5.69 Å². The van der Waals surface area contributed by atoms with E-state index >= 15 is 0 Å². The van der Waals surface area contributed by atoms with Gasteiger partial charge in [0, 0.05) is 0 Å². The Morgan fingerprint density at radius 3 is 2.61 bits per heavy atom. The van der Waals surface area contributed by atoms with Crippen LogP contribution in [0.1, 0.15) is 12.0 Å². The van der Waals surface area contributed by atoms with E-state index in [1.54, 1.807) is 6.07 Å². The second-order valence-electron chi connectivity index (χ2n) is 3.26. The molecule has 0 unspecified atom stereocenters. The van der Waals surface area contributed by atoms with Crippen LogP contribution in [0, 0.1) is 21.4 Å². The molecule has 0 atom stereocenters. The van der Waals surface area contributed by atoms with Crippen molar-refractivity contribution in [3.05, 3.63) is 33.9 Å². The molecule has 0 N–H and O–H groups in total. The van der Waals surface area contributed by atoms with Crippen LogP contribution < -0.4 is 4.74 Å². The summed E-state index contributed by atoms with van der Waals surface area (Å²) in [4.78, 5) is 9.79. The van der Waals surface area contributed by atoms with Crippen molar-refractivity contribution in [2.75, 3.05) is 6.61 Å². The zero-order valence-electron chi connectivity index (χ0n) is 8.90. The van der Waals surface area contributed by atoms with E-state index in [0.29, 0.717) is 0 Å². The molecular formula is C10H7F3N2O3. The predicted molar refractivity (Wildman–Crippen MR) is 54.0 cm³/mol. The number of hydrogen-bond donors (Lipinski definition) is 0. The molecule has 5 nitrogen and oxygen atoms in total. The topological polar surface area (TPSA) is 76.2 Å². The monoisotopic (exact) mass is 260 g/mol. The van der Waals surface area contributed by atoms with Crippen LogP contribution in [0.2, 0.25) is 0 Å². The van der Waals surface area contributed by atoms with Gasteiger partial charge >= 0.3 is 6.18 Å². The lowest BCUT2D eigenvalue weighted by molar-refractivity contribution is -0.385. The molecule has 8 heteroatoms. The standard InChI is InChI=1S/C10H7F3N2O3/c11-10(12,13)3-4-18-8-2-1-7(6-14)9(5-8)15(16)17/h1-2,5H,3-4H2. The lowest BCUT2D eigenvalue weighted by atomic mass is 10.2. The quantitative estimate of drug-likeness (QED) is 0.616. The van der Waals surface area contributed by atoms with Gasteiger partial charge in [0.2, 0.25) is 0 Å². The third-order valence-corrected chi connectivity index (χ3v) is 1.94. The number of nitro groups is 1. The first kappa shape index (κ1) is 13.8. The Hall–Kier alpha value is -2.30. The van der Waals surface area contributed by atoms with Gasteiger partial charge in [-0.2, -0.15) is 18.4 Å². The molecule has 1 aromatic carbocycles. The van der Waals surface area contributed by atoms with Crippen LogP contribution in [0.25, 0.3) is 0 Å². The number of ether oxygens (including phenoxy) is 1. The van der Waals surface area contributed by atoms with Gasteiger partial charge in [-0.3, -0.25) is 10.1 Å². The number of nitro benzene ring substituents is 1. The van der Waals surface area contributed by atoms with Gasteiger partial charge in [0.1, 0.15) is 17.4 Å². The molecule has 0 saturated heterocycles. The van der Waals surface area contributed by atoms with Crippen molar-refractivity contribution in [1.29, 1.82) is 5.26 Å². The van der Waals surface area contributed by atoms with Crippen LogP contribution in [0.3, 0.4) is 0 Å². The van der Waals surface area contributed by atoms with Gasteiger partial charge in [0.15, 0.2) is 0 Å². The van der Waals surface area contributed by atoms with Gasteiger partial charge in [0.05, 0.1) is 24.0 Å². The Morgan fingerprint density at radius 2 is 2.11 bits per heavy atom. The molecule has 0 fully saturated rings. The number of alkyl halides is 3. The number of nitrogens with zero attached hydrogens (tertiary/aromatic N) is 2. The summed E-state index contributed by atoms with van der Waals surface area (Å²) in [6.45, 7) is -0.632. The Balaban J connectivity index is 2.77. The second-order valence-corrected chi connectivity index (χ2v) is 3.26. The number of hydrogen-bond acceptors (Lipinski definition) is 4. The highest BCUT2D eigenvalue weighted by Crippen LogP contribution is 2.25. The predicted octanol–water partition coefficient (Wildman–Crippen LogP) is 2.80. The molecule has 0 bridgehead atoms. The minimum atomic E-state index is -4.35. The van der Waals surface area contributed by atoms with E-state index in [4.69, 9.17) is 10.00 Å². The Morgan fingerprint density at radius 1 is 1.44 bits per heavy atom. The highest BCUT2D eigenvalue weighted by molar-refractivity contribution is 5.52. The maximum absolute atomic E-state index is 11.9. The molecule has 0 aromatic heterocycles. The summed E-state index contributed by atoms with van der Waals surface area (Å²) in [5, 5.41) is 19.2. The average Bonchev–Trinajstić information content (AvgIpc) is 2.27. The van der Waals surface area contributed by atoms with Crippen molar-refractivity contribution in [3.8, 4) is 11.8 Å². The van der Waals surface area contributed by atoms with E-state index < -0.39 is 29.8 Å². The van der Waals surface area contributed by atoms with Crippen LogP contribution in [-0.4, -0.2) is 17.7 Å². The zero-order chi connectivity index (χ0) is 13.8. The van der Waals surface area contributed by atoms with E-state index in [2.05, 4.69) is 0 Å². The molecule has 0 saturated carbocycles. The van der Waals surface area contributed by atoms with Crippen molar-refractivity contribution in [1.82, 2.24) is 0 Å². The summed E-state index contributed by atoms with van der Waals surface area (Å²) in [5.41, 5.74) is -0.676. The van der Waals surface area contributed by atoms with Gasteiger partial charge < -0.3 is 4.74 Å². The summed E-state index contributed by atoms with van der Waals surface area (Å²) < 4.78 is 40.3. The van der Waals surface area contributed by atoms with Crippen LogP contribution in [-0.2, 0) is 0 Å². The summed E-state index contributed by atoms with van der Waals surface area (Å²) >= 11 is 0. The first-order valence-corrected chi connectivity index (χ1v) is 4.71. The van der Waals surface area contributed by atoms with Crippen LogP contribution in [0.4, 0.5) is 18.9 Å². The molecule has 0 amide bonds. The molecule has 0 radical (unpaired) electrons. The third-order valence-electron chi connectivity index (χ3n) is 1.94. The lowest BCUT2D eigenvalue weighted by Gasteiger charge is -2.08. The largest absolute Gasteiger partial charge is 0.493 e. The first-order chi connectivity index (χ1) is 8.33. The smallest absolute Gasteiger partial charge is 0.392 e. The van der Waals surface area contributed by atoms with Crippen LogP contribution in [0.5, 0.6) is 5.75 Å². The van der Waals surface area contributed by atoms with Crippen molar-refractivity contribution in [2.24, 2.45) is 0 Å². The molecule has 0 aliphatic heterocycles. The summed E-state index contributed by atoms with van der Waals surface area (Å²) in [6, 6.07) is 4.87. The van der Waals surface area contributed by atoms with Crippen molar-refractivity contribution < 1.29 is 22.8 Å². The highest BCUT2D eigenvalue weighted by atomic mass is 19.4. The molecular weight excluding hydrogens is 253 g/mol. The average molecular weight is 260 g/mol. The van der Waals surface area contributed by atoms with E-state index in [-0.39, 0.29) is 11.3 Å². The maximum atomic E-state index is 11.9. The number of nitriles is 1. The molecule has 0 aliphatic carbocycles. The van der Waals surface area contributed by atoms with E-state index in [9.17, 15) is 23.3 Å². The first-order valence-electron chi connectivity index (χ1n) is 4.71. The molecule has 0 heterocycles. The molecule has 0 spiro atoms. The van der Waals surface area contributed by atoms with Gasteiger partial charge in [-0.05, 0) is 12.1 Å².